The number of H-pyrrole nitrogens is 1. The third-order valence-electron chi connectivity index (χ3n) is 6.56. The zero-order chi connectivity index (χ0) is 26.6. The van der Waals surface area contributed by atoms with Crippen LogP contribution in [-0.4, -0.2) is 41.3 Å². The number of rotatable bonds is 8. The molecule has 2 heterocycles. The number of tetrazole rings is 1. The Bertz CT molecular complexity index is 1660. The SMILES string of the molecule is CCc1nc(C)n(Cc2ccc(-c3ccccc3-c3nnn[nH]3)cc2)c(=O)c1Cc1cccc(C(=O)O)c1. The van der Waals surface area contributed by atoms with Crippen molar-refractivity contribution in [3.05, 3.63) is 117 Å². The average Bonchev–Trinajstić information content (AvgIpc) is 3.48. The quantitative estimate of drug-likeness (QED) is 0.321. The number of aromatic amines is 1. The van der Waals surface area contributed by atoms with Gasteiger partial charge in [-0.3, -0.25) is 9.36 Å². The Balaban J connectivity index is 1.45. The van der Waals surface area contributed by atoms with E-state index in [4.69, 9.17) is 4.98 Å². The summed E-state index contributed by atoms with van der Waals surface area (Å²) >= 11 is 0. The molecule has 0 aliphatic carbocycles. The van der Waals surface area contributed by atoms with Crippen molar-refractivity contribution in [2.75, 3.05) is 0 Å². The van der Waals surface area contributed by atoms with E-state index in [0.29, 0.717) is 36.6 Å². The Morgan fingerprint density at radius 3 is 2.42 bits per heavy atom. The standard InChI is InChI=1S/C29H26N6O3/c1-3-26-25(16-20-7-6-8-22(15-20)29(37)38)28(36)35(18(2)30-26)17-19-11-13-21(14-12-19)23-9-4-5-10-24(23)27-31-33-34-32-27/h4-15H,3,16-17H2,1-2H3,(H,37,38)(H,31,32,33,34). The maximum atomic E-state index is 13.6. The molecule has 190 valence electrons. The zero-order valence-electron chi connectivity index (χ0n) is 21.0. The molecule has 0 aliphatic heterocycles. The second-order valence-electron chi connectivity index (χ2n) is 9.00. The number of aromatic carboxylic acids is 1. The van der Waals surface area contributed by atoms with E-state index in [-0.39, 0.29) is 11.1 Å². The summed E-state index contributed by atoms with van der Waals surface area (Å²) in [6.45, 7) is 4.18. The van der Waals surface area contributed by atoms with Crippen LogP contribution in [0.5, 0.6) is 0 Å². The van der Waals surface area contributed by atoms with Gasteiger partial charge in [-0.2, -0.15) is 0 Å². The van der Waals surface area contributed by atoms with Gasteiger partial charge in [-0.25, -0.2) is 14.9 Å². The second kappa shape index (κ2) is 10.6. The van der Waals surface area contributed by atoms with Gasteiger partial charge in [0.05, 0.1) is 17.8 Å². The highest BCUT2D eigenvalue weighted by molar-refractivity contribution is 5.87. The summed E-state index contributed by atoms with van der Waals surface area (Å²) < 4.78 is 1.68. The summed E-state index contributed by atoms with van der Waals surface area (Å²) in [7, 11) is 0. The first-order valence-electron chi connectivity index (χ1n) is 12.3. The zero-order valence-corrected chi connectivity index (χ0v) is 21.0. The molecular weight excluding hydrogens is 480 g/mol. The molecule has 5 aromatic rings. The first kappa shape index (κ1) is 24.8. The van der Waals surface area contributed by atoms with Crippen molar-refractivity contribution in [1.82, 2.24) is 30.2 Å². The molecule has 0 spiro atoms. The molecule has 0 aliphatic rings. The van der Waals surface area contributed by atoms with Crippen LogP contribution in [0.25, 0.3) is 22.5 Å². The van der Waals surface area contributed by atoms with Crippen molar-refractivity contribution in [2.24, 2.45) is 0 Å². The number of nitrogens with one attached hydrogen (secondary N) is 1. The Labute approximate surface area is 218 Å². The van der Waals surface area contributed by atoms with Gasteiger partial charge in [-0.05, 0) is 58.2 Å². The third kappa shape index (κ3) is 4.99. The minimum atomic E-state index is -0.995. The minimum absolute atomic E-state index is 0.109. The van der Waals surface area contributed by atoms with Crippen molar-refractivity contribution in [3.8, 4) is 22.5 Å². The number of aromatic nitrogens is 6. The number of aryl methyl sites for hydroxylation is 2. The lowest BCUT2D eigenvalue weighted by molar-refractivity contribution is 0.0696. The predicted molar refractivity (Wildman–Crippen MR) is 143 cm³/mol. The first-order chi connectivity index (χ1) is 18.4. The maximum Gasteiger partial charge on any atom is 0.335 e. The van der Waals surface area contributed by atoms with Gasteiger partial charge in [0.1, 0.15) is 5.82 Å². The van der Waals surface area contributed by atoms with Gasteiger partial charge < -0.3 is 5.11 Å². The van der Waals surface area contributed by atoms with Crippen molar-refractivity contribution in [2.45, 2.75) is 33.2 Å². The third-order valence-corrected chi connectivity index (χ3v) is 6.56. The monoisotopic (exact) mass is 506 g/mol. The van der Waals surface area contributed by atoms with Crippen LogP contribution in [0.4, 0.5) is 0 Å². The highest BCUT2D eigenvalue weighted by Crippen LogP contribution is 2.29. The molecule has 0 unspecified atom stereocenters. The number of carbonyl (C=O) groups is 1. The lowest BCUT2D eigenvalue weighted by Gasteiger charge is -2.15. The van der Waals surface area contributed by atoms with Crippen LogP contribution in [-0.2, 0) is 19.4 Å². The summed E-state index contributed by atoms with van der Waals surface area (Å²) in [5.41, 5.74) is 6.03. The van der Waals surface area contributed by atoms with Crippen molar-refractivity contribution in [3.63, 3.8) is 0 Å². The fraction of sp³-hybridized carbons (Fsp3) is 0.172. The second-order valence-corrected chi connectivity index (χ2v) is 9.00. The van der Waals surface area contributed by atoms with Crippen LogP contribution >= 0.6 is 0 Å². The number of hydrogen-bond donors (Lipinski definition) is 2. The Hall–Kier alpha value is -4.92. The van der Waals surface area contributed by atoms with Gasteiger partial charge in [0.25, 0.3) is 5.56 Å². The summed E-state index contributed by atoms with van der Waals surface area (Å²) in [4.78, 5) is 29.8. The molecule has 38 heavy (non-hydrogen) atoms. The molecule has 0 radical (unpaired) electrons. The van der Waals surface area contributed by atoms with E-state index < -0.39 is 5.97 Å². The normalized spacial score (nSPS) is 11.0. The van der Waals surface area contributed by atoms with E-state index in [1.807, 2.05) is 68.4 Å². The summed E-state index contributed by atoms with van der Waals surface area (Å²) in [6.07, 6.45) is 0.933. The lowest BCUT2D eigenvalue weighted by Crippen LogP contribution is -2.29. The van der Waals surface area contributed by atoms with E-state index in [2.05, 4.69) is 20.6 Å². The molecule has 3 aromatic carbocycles. The number of carboxylic acids is 1. The number of benzene rings is 3. The van der Waals surface area contributed by atoms with Crippen molar-refractivity contribution in [1.29, 1.82) is 0 Å². The van der Waals surface area contributed by atoms with Gasteiger partial charge in [0.15, 0.2) is 5.82 Å². The molecule has 0 saturated heterocycles. The molecule has 0 amide bonds. The fourth-order valence-electron chi connectivity index (χ4n) is 4.62. The van der Waals surface area contributed by atoms with Crippen LogP contribution in [0, 0.1) is 6.92 Å². The van der Waals surface area contributed by atoms with Crippen molar-refractivity contribution < 1.29 is 9.90 Å². The molecule has 0 atom stereocenters. The maximum absolute atomic E-state index is 13.6. The minimum Gasteiger partial charge on any atom is -0.478 e. The molecule has 0 bridgehead atoms. The molecule has 5 rings (SSSR count). The van der Waals surface area contributed by atoms with Gasteiger partial charge in [-0.1, -0.05) is 67.6 Å². The fourth-order valence-corrected chi connectivity index (χ4v) is 4.62. The van der Waals surface area contributed by atoms with Gasteiger partial charge in [-0.15, -0.1) is 5.10 Å². The number of nitrogens with zero attached hydrogens (tertiary/aromatic N) is 5. The summed E-state index contributed by atoms with van der Waals surface area (Å²) in [5, 5.41) is 23.6. The number of carboxylic acid groups (broad SMARTS) is 1. The lowest BCUT2D eigenvalue weighted by atomic mass is 9.98. The molecule has 0 fully saturated rings. The van der Waals surface area contributed by atoms with Gasteiger partial charge >= 0.3 is 5.97 Å². The summed E-state index contributed by atoms with van der Waals surface area (Å²) in [6, 6.07) is 22.6. The first-order valence-corrected chi connectivity index (χ1v) is 12.3. The van der Waals surface area contributed by atoms with Crippen LogP contribution in [0.15, 0.2) is 77.6 Å². The van der Waals surface area contributed by atoms with Gasteiger partial charge in [0, 0.05) is 17.5 Å². The van der Waals surface area contributed by atoms with E-state index in [9.17, 15) is 14.7 Å². The molecule has 0 saturated carbocycles. The molecule has 9 heteroatoms. The van der Waals surface area contributed by atoms with Crippen LogP contribution < -0.4 is 5.56 Å². The largest absolute Gasteiger partial charge is 0.478 e. The van der Waals surface area contributed by atoms with Crippen molar-refractivity contribution >= 4 is 5.97 Å². The molecular formula is C29H26N6O3. The molecule has 9 nitrogen and oxygen atoms in total. The smallest absolute Gasteiger partial charge is 0.335 e. The van der Waals surface area contributed by atoms with Crippen LogP contribution in [0.2, 0.25) is 0 Å². The highest BCUT2D eigenvalue weighted by Gasteiger charge is 2.16. The Kier molecular flexibility index (Phi) is 6.90. The summed E-state index contributed by atoms with van der Waals surface area (Å²) in [5.74, 6) is 0.239. The Morgan fingerprint density at radius 1 is 0.974 bits per heavy atom. The number of hydrogen-bond acceptors (Lipinski definition) is 6. The van der Waals surface area contributed by atoms with E-state index in [1.165, 1.54) is 0 Å². The molecule has 2 N–H and O–H groups in total. The van der Waals surface area contributed by atoms with E-state index >= 15 is 0 Å². The average molecular weight is 507 g/mol. The molecule has 2 aromatic heterocycles. The topological polar surface area (TPSA) is 127 Å². The van der Waals surface area contributed by atoms with Crippen LogP contribution in [0.3, 0.4) is 0 Å². The van der Waals surface area contributed by atoms with E-state index in [0.717, 1.165) is 33.5 Å². The van der Waals surface area contributed by atoms with Crippen LogP contribution in [0.1, 0.15) is 45.5 Å². The van der Waals surface area contributed by atoms with Gasteiger partial charge in [0.2, 0.25) is 0 Å². The predicted octanol–water partition coefficient (Wildman–Crippen LogP) is 4.30. The van der Waals surface area contributed by atoms with E-state index in [1.54, 1.807) is 22.8 Å². The Morgan fingerprint density at radius 2 is 1.74 bits per heavy atom. The highest BCUT2D eigenvalue weighted by atomic mass is 16.4.